The fourth-order valence-corrected chi connectivity index (χ4v) is 1.82. The van der Waals surface area contributed by atoms with Crippen molar-refractivity contribution in [2.75, 3.05) is 0 Å². The van der Waals surface area contributed by atoms with Crippen LogP contribution in [0, 0.1) is 5.92 Å². The molecular formula is C12H12Li2O4. The van der Waals surface area contributed by atoms with Gasteiger partial charge in [0.25, 0.3) is 0 Å². The standard InChI is InChI=1S/C12H14O4.2Li/c1-8(2)12(10(13)14,11(15)16)9-6-4-3-5-7-9;;/h3-8H,1-2H3,(H,13,14)(H,15,16);;/q;2*+1/p-2. The fraction of sp³-hybridized carbons (Fsp3) is 0.333. The summed E-state index contributed by atoms with van der Waals surface area (Å²) in [6, 6.07) is 7.74. The molecule has 1 aromatic rings. The maximum absolute atomic E-state index is 11.2. The van der Waals surface area contributed by atoms with Gasteiger partial charge in [0, 0.05) is 0 Å². The Bertz CT molecular complexity index is 390. The SMILES string of the molecule is CC(C)C(C(=O)[O-])(C(=O)[O-])c1ccccc1.[Li+].[Li+]. The van der Waals surface area contributed by atoms with Crippen LogP contribution in [0.1, 0.15) is 19.4 Å². The first kappa shape index (κ1) is 19.7. The Morgan fingerprint density at radius 2 is 1.39 bits per heavy atom. The van der Waals surface area contributed by atoms with Crippen LogP contribution < -0.4 is 47.9 Å². The molecule has 0 aliphatic carbocycles. The van der Waals surface area contributed by atoms with Crippen molar-refractivity contribution in [3.8, 4) is 0 Å². The minimum atomic E-state index is -2.10. The number of hydrogen-bond donors (Lipinski definition) is 0. The number of carbonyl (C=O) groups is 2. The van der Waals surface area contributed by atoms with E-state index in [2.05, 4.69) is 0 Å². The predicted octanol–water partition coefficient (Wildman–Crippen LogP) is -6.91. The van der Waals surface area contributed by atoms with E-state index in [0.29, 0.717) is 0 Å². The molecule has 0 heterocycles. The third kappa shape index (κ3) is 3.22. The van der Waals surface area contributed by atoms with Gasteiger partial charge in [0.1, 0.15) is 0 Å². The molecule has 0 saturated heterocycles. The number of carboxylic acids is 2. The van der Waals surface area contributed by atoms with Crippen LogP contribution in [0.25, 0.3) is 0 Å². The van der Waals surface area contributed by atoms with Crippen molar-refractivity contribution in [2.24, 2.45) is 5.92 Å². The Labute approximate surface area is 130 Å². The Hall–Kier alpha value is -0.645. The van der Waals surface area contributed by atoms with Crippen molar-refractivity contribution in [2.45, 2.75) is 19.3 Å². The normalized spacial score (nSPS) is 10.2. The van der Waals surface area contributed by atoms with Crippen molar-refractivity contribution in [1.29, 1.82) is 0 Å². The van der Waals surface area contributed by atoms with E-state index < -0.39 is 23.3 Å². The second-order valence-corrected chi connectivity index (χ2v) is 3.90. The van der Waals surface area contributed by atoms with Gasteiger partial charge in [0.05, 0.1) is 17.4 Å². The molecule has 1 rings (SSSR count). The number of carboxylic acid groups (broad SMARTS) is 2. The minimum absolute atomic E-state index is 0. The van der Waals surface area contributed by atoms with Crippen molar-refractivity contribution >= 4 is 11.9 Å². The van der Waals surface area contributed by atoms with Crippen molar-refractivity contribution in [3.05, 3.63) is 35.9 Å². The molecule has 0 amide bonds. The van der Waals surface area contributed by atoms with Crippen LogP contribution in [0.5, 0.6) is 0 Å². The molecule has 0 aliphatic heterocycles. The zero-order chi connectivity index (χ0) is 12.3. The molecule has 1 aromatic carbocycles. The van der Waals surface area contributed by atoms with Gasteiger partial charge in [-0.05, 0) is 11.5 Å². The van der Waals surface area contributed by atoms with Gasteiger partial charge in [-0.25, -0.2) is 0 Å². The monoisotopic (exact) mass is 234 g/mol. The zero-order valence-electron chi connectivity index (χ0n) is 11.1. The zero-order valence-corrected chi connectivity index (χ0v) is 11.1. The van der Waals surface area contributed by atoms with Crippen LogP contribution >= 0.6 is 0 Å². The summed E-state index contributed by atoms with van der Waals surface area (Å²) in [5.41, 5.74) is -1.92. The first-order valence-electron chi connectivity index (χ1n) is 4.92. The van der Waals surface area contributed by atoms with E-state index in [0.717, 1.165) is 0 Å². The molecule has 0 atom stereocenters. The average Bonchev–Trinajstić information content (AvgIpc) is 2.18. The Morgan fingerprint density at radius 3 is 1.67 bits per heavy atom. The second kappa shape index (κ2) is 7.72. The molecular weight excluding hydrogens is 222 g/mol. The number of rotatable bonds is 4. The number of aliphatic carboxylic acids is 2. The van der Waals surface area contributed by atoms with E-state index in [4.69, 9.17) is 0 Å². The molecule has 86 valence electrons. The quantitative estimate of drug-likeness (QED) is 0.383. The topological polar surface area (TPSA) is 80.3 Å². The van der Waals surface area contributed by atoms with Crippen LogP contribution in [0.3, 0.4) is 0 Å². The van der Waals surface area contributed by atoms with Gasteiger partial charge in [-0.3, -0.25) is 0 Å². The van der Waals surface area contributed by atoms with E-state index >= 15 is 0 Å². The van der Waals surface area contributed by atoms with Crippen molar-refractivity contribution in [1.82, 2.24) is 0 Å². The van der Waals surface area contributed by atoms with Crippen LogP contribution in [-0.4, -0.2) is 11.9 Å². The van der Waals surface area contributed by atoms with Crippen molar-refractivity contribution < 1.29 is 57.5 Å². The first-order chi connectivity index (χ1) is 7.44. The summed E-state index contributed by atoms with van der Waals surface area (Å²) in [6.07, 6.45) is 0. The predicted molar refractivity (Wildman–Crippen MR) is 53.0 cm³/mol. The number of hydrogen-bond acceptors (Lipinski definition) is 4. The molecule has 0 spiro atoms. The van der Waals surface area contributed by atoms with Crippen LogP contribution in [0.4, 0.5) is 0 Å². The number of benzene rings is 1. The first-order valence-corrected chi connectivity index (χ1v) is 4.92. The summed E-state index contributed by atoms with van der Waals surface area (Å²) < 4.78 is 0. The molecule has 18 heavy (non-hydrogen) atoms. The van der Waals surface area contributed by atoms with Gasteiger partial charge >= 0.3 is 37.7 Å². The van der Waals surface area contributed by atoms with E-state index in [9.17, 15) is 19.8 Å². The smallest absolute Gasteiger partial charge is 0.549 e. The summed E-state index contributed by atoms with van der Waals surface area (Å²) in [6.45, 7) is 3.02. The maximum Gasteiger partial charge on any atom is 1.00 e. The van der Waals surface area contributed by atoms with E-state index in [-0.39, 0.29) is 43.3 Å². The molecule has 0 radical (unpaired) electrons. The maximum atomic E-state index is 11.2. The second-order valence-electron chi connectivity index (χ2n) is 3.90. The van der Waals surface area contributed by atoms with Gasteiger partial charge in [-0.15, -0.1) is 0 Å². The summed E-state index contributed by atoms with van der Waals surface area (Å²) >= 11 is 0. The Kier molecular flexibility index (Phi) is 8.44. The van der Waals surface area contributed by atoms with Gasteiger partial charge in [-0.1, -0.05) is 44.2 Å². The average molecular weight is 234 g/mol. The molecule has 0 aliphatic rings. The summed E-state index contributed by atoms with van der Waals surface area (Å²) in [7, 11) is 0. The fourth-order valence-electron chi connectivity index (χ4n) is 1.82. The van der Waals surface area contributed by atoms with Crippen molar-refractivity contribution in [3.63, 3.8) is 0 Å². The molecule has 0 saturated carbocycles. The van der Waals surface area contributed by atoms with Gasteiger partial charge in [-0.2, -0.15) is 0 Å². The molecule has 6 heteroatoms. The van der Waals surface area contributed by atoms with E-state index in [1.54, 1.807) is 18.2 Å². The van der Waals surface area contributed by atoms with E-state index in [1.165, 1.54) is 26.0 Å². The van der Waals surface area contributed by atoms with Crippen LogP contribution in [0.2, 0.25) is 0 Å². The molecule has 0 unspecified atom stereocenters. The third-order valence-electron chi connectivity index (χ3n) is 2.74. The summed E-state index contributed by atoms with van der Waals surface area (Å²) in [5, 5.41) is 22.3. The van der Waals surface area contributed by atoms with Gasteiger partial charge < -0.3 is 19.8 Å². The third-order valence-corrected chi connectivity index (χ3v) is 2.74. The summed E-state index contributed by atoms with van der Waals surface area (Å²) in [4.78, 5) is 22.3. The van der Waals surface area contributed by atoms with Gasteiger partial charge in [0.15, 0.2) is 0 Å². The molecule has 0 bridgehead atoms. The van der Waals surface area contributed by atoms with Crippen LogP contribution in [-0.2, 0) is 15.0 Å². The summed E-state index contributed by atoms with van der Waals surface area (Å²) in [5.74, 6) is -3.95. The molecule has 0 fully saturated rings. The molecule has 0 N–H and O–H groups in total. The Balaban J connectivity index is 0. The minimum Gasteiger partial charge on any atom is -0.549 e. The molecule has 4 nitrogen and oxygen atoms in total. The van der Waals surface area contributed by atoms with E-state index in [1.807, 2.05) is 0 Å². The number of carbonyl (C=O) groups excluding carboxylic acids is 2. The Morgan fingerprint density at radius 1 is 1.00 bits per heavy atom. The van der Waals surface area contributed by atoms with Crippen LogP contribution in [0.15, 0.2) is 30.3 Å². The largest absolute Gasteiger partial charge is 1.00 e. The van der Waals surface area contributed by atoms with Gasteiger partial charge in [0.2, 0.25) is 0 Å². The molecule has 0 aromatic heterocycles.